The summed E-state index contributed by atoms with van der Waals surface area (Å²) in [6.07, 6.45) is 1.81. The number of hydrogen-bond donors (Lipinski definition) is 2. The number of methoxy groups -OCH3 is 1. The van der Waals surface area contributed by atoms with Crippen LogP contribution in [-0.4, -0.2) is 32.7 Å². The van der Waals surface area contributed by atoms with Crippen LogP contribution in [-0.2, 0) is 4.79 Å². The molecule has 1 aliphatic heterocycles. The summed E-state index contributed by atoms with van der Waals surface area (Å²) in [6, 6.07) is 5.50. The molecule has 0 atom stereocenters. The molecule has 5 nitrogen and oxygen atoms in total. The molecule has 0 saturated carbocycles. The van der Waals surface area contributed by atoms with Crippen LogP contribution in [0, 0.1) is 0 Å². The zero-order valence-electron chi connectivity index (χ0n) is 10.6. The van der Waals surface area contributed by atoms with Crippen molar-refractivity contribution in [1.29, 1.82) is 0 Å². The van der Waals surface area contributed by atoms with E-state index in [1.165, 1.54) is 0 Å². The third-order valence-electron chi connectivity index (χ3n) is 2.65. The van der Waals surface area contributed by atoms with Gasteiger partial charge < -0.3 is 20.5 Å². The molecule has 0 unspecified atom stereocenters. The summed E-state index contributed by atoms with van der Waals surface area (Å²) in [5, 5.41) is 2.72. The van der Waals surface area contributed by atoms with Gasteiger partial charge >= 0.3 is 0 Å². The summed E-state index contributed by atoms with van der Waals surface area (Å²) >= 11 is 0. The Morgan fingerprint density at radius 3 is 3.00 bits per heavy atom. The standard InChI is InChI=1S/C13H16N2O3.ClH/c1-17-11-2-3-12-9(7-11)6-10(8-18-12)13(16)15-5-4-14;/h2-3,6-7H,4-5,8,14H2,1H3,(H,15,16);1H. The second-order valence-corrected chi connectivity index (χ2v) is 3.91. The zero-order valence-corrected chi connectivity index (χ0v) is 11.5. The molecule has 1 amide bonds. The summed E-state index contributed by atoms with van der Waals surface area (Å²) in [5.41, 5.74) is 6.77. The Morgan fingerprint density at radius 2 is 2.32 bits per heavy atom. The number of rotatable bonds is 4. The van der Waals surface area contributed by atoms with Gasteiger partial charge in [-0.2, -0.15) is 0 Å². The number of carbonyl (C=O) groups is 1. The number of nitrogens with two attached hydrogens (primary N) is 1. The number of fused-ring (bicyclic) bond motifs is 1. The smallest absolute Gasteiger partial charge is 0.250 e. The highest BCUT2D eigenvalue weighted by atomic mass is 35.5. The highest BCUT2D eigenvalue weighted by Gasteiger charge is 2.17. The first kappa shape index (κ1) is 15.3. The maximum absolute atomic E-state index is 11.8. The van der Waals surface area contributed by atoms with Crippen molar-refractivity contribution in [2.45, 2.75) is 0 Å². The van der Waals surface area contributed by atoms with Crippen LogP contribution >= 0.6 is 12.4 Å². The third kappa shape index (κ3) is 3.62. The summed E-state index contributed by atoms with van der Waals surface area (Å²) in [4.78, 5) is 11.8. The number of benzene rings is 1. The molecule has 2 rings (SSSR count). The van der Waals surface area contributed by atoms with Crippen LogP contribution in [0.3, 0.4) is 0 Å². The topological polar surface area (TPSA) is 73.6 Å². The van der Waals surface area contributed by atoms with Crippen LogP contribution in [0.1, 0.15) is 5.56 Å². The lowest BCUT2D eigenvalue weighted by Gasteiger charge is -2.18. The van der Waals surface area contributed by atoms with Crippen molar-refractivity contribution in [3.63, 3.8) is 0 Å². The van der Waals surface area contributed by atoms with E-state index >= 15 is 0 Å². The van der Waals surface area contributed by atoms with Gasteiger partial charge in [-0.15, -0.1) is 12.4 Å². The quantitative estimate of drug-likeness (QED) is 0.864. The van der Waals surface area contributed by atoms with Crippen LogP contribution in [0.2, 0.25) is 0 Å². The van der Waals surface area contributed by atoms with Gasteiger partial charge in [0.2, 0.25) is 0 Å². The third-order valence-corrected chi connectivity index (χ3v) is 2.65. The summed E-state index contributed by atoms with van der Waals surface area (Å²) in [7, 11) is 1.60. The average Bonchev–Trinajstić information content (AvgIpc) is 2.43. The normalized spacial score (nSPS) is 12.4. The Balaban J connectivity index is 0.00000180. The molecule has 3 N–H and O–H groups in total. The molecule has 0 aliphatic carbocycles. The molecule has 0 aromatic heterocycles. The predicted molar refractivity (Wildman–Crippen MR) is 75.8 cm³/mol. The van der Waals surface area contributed by atoms with Gasteiger partial charge in [0.15, 0.2) is 0 Å². The van der Waals surface area contributed by atoms with Crippen molar-refractivity contribution in [3.8, 4) is 11.5 Å². The van der Waals surface area contributed by atoms with Crippen molar-refractivity contribution in [2.75, 3.05) is 26.8 Å². The fourth-order valence-electron chi connectivity index (χ4n) is 1.71. The minimum Gasteiger partial charge on any atom is -0.497 e. The number of nitrogens with one attached hydrogen (secondary N) is 1. The van der Waals surface area contributed by atoms with Crippen LogP contribution in [0.4, 0.5) is 0 Å². The van der Waals surface area contributed by atoms with Gasteiger partial charge in [-0.3, -0.25) is 4.79 Å². The average molecular weight is 285 g/mol. The lowest BCUT2D eigenvalue weighted by Crippen LogP contribution is -2.32. The monoisotopic (exact) mass is 284 g/mol. The van der Waals surface area contributed by atoms with Crippen molar-refractivity contribution in [3.05, 3.63) is 29.3 Å². The van der Waals surface area contributed by atoms with Crippen molar-refractivity contribution in [1.82, 2.24) is 5.32 Å². The number of amides is 1. The molecule has 19 heavy (non-hydrogen) atoms. The molecule has 0 saturated heterocycles. The van der Waals surface area contributed by atoms with Crippen LogP contribution in [0.5, 0.6) is 11.5 Å². The van der Waals surface area contributed by atoms with E-state index in [0.717, 1.165) is 17.1 Å². The number of ether oxygens (including phenoxy) is 2. The van der Waals surface area contributed by atoms with Crippen LogP contribution in [0.15, 0.2) is 23.8 Å². The van der Waals surface area contributed by atoms with Gasteiger partial charge in [-0.1, -0.05) is 0 Å². The molecule has 1 aliphatic rings. The molecule has 0 spiro atoms. The molecule has 0 bridgehead atoms. The van der Waals surface area contributed by atoms with Gasteiger partial charge in [0, 0.05) is 18.7 Å². The number of carbonyl (C=O) groups excluding carboxylic acids is 1. The van der Waals surface area contributed by atoms with Gasteiger partial charge in [0.25, 0.3) is 5.91 Å². The molecule has 1 aromatic carbocycles. The van der Waals surface area contributed by atoms with Crippen molar-refractivity contribution >= 4 is 24.4 Å². The fraction of sp³-hybridized carbons (Fsp3) is 0.308. The van der Waals surface area contributed by atoms with Gasteiger partial charge in [0.05, 0.1) is 12.7 Å². The van der Waals surface area contributed by atoms with E-state index in [1.807, 2.05) is 24.3 Å². The Hall–Kier alpha value is -1.72. The lowest BCUT2D eigenvalue weighted by molar-refractivity contribution is -0.117. The molecule has 1 heterocycles. The van der Waals surface area contributed by atoms with E-state index in [9.17, 15) is 4.79 Å². The zero-order chi connectivity index (χ0) is 13.0. The Morgan fingerprint density at radius 1 is 1.53 bits per heavy atom. The largest absolute Gasteiger partial charge is 0.497 e. The molecular formula is C13H17ClN2O3. The molecule has 0 fully saturated rings. The number of hydrogen-bond acceptors (Lipinski definition) is 4. The lowest BCUT2D eigenvalue weighted by atomic mass is 10.1. The Bertz CT molecular complexity index is 489. The van der Waals surface area contributed by atoms with E-state index in [1.54, 1.807) is 7.11 Å². The van der Waals surface area contributed by atoms with Crippen LogP contribution in [0.25, 0.3) is 6.08 Å². The maximum Gasteiger partial charge on any atom is 0.250 e. The van der Waals surface area contributed by atoms with E-state index < -0.39 is 0 Å². The molecule has 104 valence electrons. The molecule has 6 heteroatoms. The minimum atomic E-state index is -0.145. The van der Waals surface area contributed by atoms with Gasteiger partial charge in [-0.25, -0.2) is 0 Å². The molecule has 1 aromatic rings. The van der Waals surface area contributed by atoms with E-state index in [2.05, 4.69) is 5.32 Å². The summed E-state index contributed by atoms with van der Waals surface area (Å²) in [6.45, 7) is 1.15. The maximum atomic E-state index is 11.8. The molecular weight excluding hydrogens is 268 g/mol. The minimum absolute atomic E-state index is 0. The first-order valence-corrected chi connectivity index (χ1v) is 5.74. The second kappa shape index (κ2) is 7.01. The van der Waals surface area contributed by atoms with E-state index in [-0.39, 0.29) is 24.9 Å². The Labute approximate surface area is 118 Å². The first-order chi connectivity index (χ1) is 8.74. The van der Waals surface area contributed by atoms with Crippen molar-refractivity contribution in [2.24, 2.45) is 5.73 Å². The molecule has 0 radical (unpaired) electrons. The van der Waals surface area contributed by atoms with Crippen molar-refractivity contribution < 1.29 is 14.3 Å². The Kier molecular flexibility index (Phi) is 5.66. The summed E-state index contributed by atoms with van der Waals surface area (Å²) in [5.74, 6) is 1.34. The highest BCUT2D eigenvalue weighted by Crippen LogP contribution is 2.29. The fourth-order valence-corrected chi connectivity index (χ4v) is 1.71. The van der Waals surface area contributed by atoms with Crippen LogP contribution < -0.4 is 20.5 Å². The SMILES string of the molecule is COc1ccc2c(c1)C=C(C(=O)NCCN)CO2.Cl. The number of halogens is 1. The van der Waals surface area contributed by atoms with Gasteiger partial charge in [-0.05, 0) is 24.3 Å². The summed E-state index contributed by atoms with van der Waals surface area (Å²) < 4.78 is 10.7. The predicted octanol–water partition coefficient (Wildman–Crippen LogP) is 0.968. The first-order valence-electron chi connectivity index (χ1n) is 5.74. The van der Waals surface area contributed by atoms with Gasteiger partial charge in [0.1, 0.15) is 18.1 Å². The second-order valence-electron chi connectivity index (χ2n) is 3.91. The van der Waals surface area contributed by atoms with E-state index in [0.29, 0.717) is 18.7 Å². The highest BCUT2D eigenvalue weighted by molar-refractivity contribution is 5.99. The van der Waals surface area contributed by atoms with E-state index in [4.69, 9.17) is 15.2 Å².